The Hall–Kier alpha value is -1.97. The first-order valence-corrected chi connectivity index (χ1v) is 5.07. The molecule has 1 unspecified atom stereocenters. The van der Waals surface area contributed by atoms with Crippen LogP contribution in [0.4, 0.5) is 0 Å². The highest BCUT2D eigenvalue weighted by molar-refractivity contribution is 6.16. The topological polar surface area (TPSA) is 50.3 Å². The number of hydrogen-bond donors (Lipinski definition) is 0. The molecule has 2 heterocycles. The molecule has 1 aromatic rings. The number of imide groups is 1. The smallest absolute Gasteiger partial charge is 0.257 e. The van der Waals surface area contributed by atoms with Gasteiger partial charge in [0.1, 0.15) is 0 Å². The van der Waals surface area contributed by atoms with Crippen LogP contribution in [0.3, 0.4) is 0 Å². The van der Waals surface area contributed by atoms with Gasteiger partial charge in [-0.05, 0) is 31.5 Å². The summed E-state index contributed by atoms with van der Waals surface area (Å²) in [7, 11) is 0. The number of hydrogen-bond acceptors (Lipinski definition) is 3. The van der Waals surface area contributed by atoms with Gasteiger partial charge in [-0.25, -0.2) is 0 Å². The van der Waals surface area contributed by atoms with Crippen LogP contribution in [0.15, 0.2) is 36.2 Å². The molecule has 0 N–H and O–H groups in total. The lowest BCUT2D eigenvalue weighted by Gasteiger charge is -2.22. The second-order valence-corrected chi connectivity index (χ2v) is 3.80. The van der Waals surface area contributed by atoms with E-state index in [-0.39, 0.29) is 17.9 Å². The maximum Gasteiger partial charge on any atom is 0.257 e. The Bertz CT molecular complexity index is 465. The Labute approximate surface area is 93.6 Å². The average Bonchev–Trinajstić information content (AvgIpc) is 2.54. The van der Waals surface area contributed by atoms with Gasteiger partial charge in [0.25, 0.3) is 11.8 Å². The van der Waals surface area contributed by atoms with Crippen LogP contribution in [0, 0.1) is 0 Å². The van der Waals surface area contributed by atoms with Gasteiger partial charge in [0.05, 0.1) is 6.04 Å². The van der Waals surface area contributed by atoms with Gasteiger partial charge >= 0.3 is 0 Å². The van der Waals surface area contributed by atoms with E-state index in [1.54, 1.807) is 31.5 Å². The summed E-state index contributed by atoms with van der Waals surface area (Å²) in [5, 5.41) is 0. The number of carbonyl (C=O) groups excluding carboxylic acids is 2. The highest BCUT2D eigenvalue weighted by atomic mass is 16.2. The SMILES string of the molecule is CC1=CC(=O)N(C(C)c2ccncc2)C1=O. The standard InChI is InChI=1S/C12H12N2O2/c1-8-7-11(15)14(12(8)16)9(2)10-3-5-13-6-4-10/h3-7,9H,1-2H3. The molecule has 0 spiro atoms. The summed E-state index contributed by atoms with van der Waals surface area (Å²) in [6.45, 7) is 3.48. The number of nitrogens with zero attached hydrogens (tertiary/aromatic N) is 2. The predicted octanol–water partition coefficient (Wildman–Crippen LogP) is 1.46. The van der Waals surface area contributed by atoms with E-state index in [4.69, 9.17) is 0 Å². The van der Waals surface area contributed by atoms with Crippen LogP contribution in [-0.2, 0) is 9.59 Å². The van der Waals surface area contributed by atoms with Crippen molar-refractivity contribution in [2.24, 2.45) is 0 Å². The van der Waals surface area contributed by atoms with Gasteiger partial charge in [0.15, 0.2) is 0 Å². The van der Waals surface area contributed by atoms with E-state index in [0.29, 0.717) is 5.57 Å². The maximum absolute atomic E-state index is 11.8. The van der Waals surface area contributed by atoms with Crippen molar-refractivity contribution in [2.45, 2.75) is 19.9 Å². The van der Waals surface area contributed by atoms with E-state index in [0.717, 1.165) is 5.56 Å². The Morgan fingerprint density at radius 3 is 2.38 bits per heavy atom. The van der Waals surface area contributed by atoms with Crippen molar-refractivity contribution >= 4 is 11.8 Å². The predicted molar refractivity (Wildman–Crippen MR) is 58.3 cm³/mol. The van der Waals surface area contributed by atoms with Crippen LogP contribution in [0.1, 0.15) is 25.5 Å². The lowest BCUT2D eigenvalue weighted by atomic mass is 10.1. The van der Waals surface area contributed by atoms with Crippen molar-refractivity contribution in [3.8, 4) is 0 Å². The monoisotopic (exact) mass is 216 g/mol. The Kier molecular flexibility index (Phi) is 2.56. The zero-order valence-corrected chi connectivity index (χ0v) is 9.18. The van der Waals surface area contributed by atoms with Crippen LogP contribution in [0.5, 0.6) is 0 Å². The Balaban J connectivity index is 2.28. The molecule has 0 saturated carbocycles. The molecule has 4 heteroatoms. The van der Waals surface area contributed by atoms with E-state index in [1.165, 1.54) is 11.0 Å². The van der Waals surface area contributed by atoms with E-state index < -0.39 is 0 Å². The van der Waals surface area contributed by atoms with Crippen molar-refractivity contribution in [1.29, 1.82) is 0 Å². The average molecular weight is 216 g/mol. The summed E-state index contributed by atoms with van der Waals surface area (Å²) in [5.41, 5.74) is 1.39. The molecule has 1 aromatic heterocycles. The zero-order valence-electron chi connectivity index (χ0n) is 9.18. The van der Waals surface area contributed by atoms with Gasteiger partial charge < -0.3 is 0 Å². The van der Waals surface area contributed by atoms with Crippen molar-refractivity contribution in [3.63, 3.8) is 0 Å². The highest BCUT2D eigenvalue weighted by Crippen LogP contribution is 2.25. The number of aromatic nitrogens is 1. The number of rotatable bonds is 2. The summed E-state index contributed by atoms with van der Waals surface area (Å²) in [5.74, 6) is -0.457. The molecule has 0 radical (unpaired) electrons. The number of pyridine rings is 1. The molecular weight excluding hydrogens is 204 g/mol. The Morgan fingerprint density at radius 2 is 1.88 bits per heavy atom. The molecule has 16 heavy (non-hydrogen) atoms. The first kappa shape index (κ1) is 10.5. The molecule has 1 aliphatic rings. The third-order valence-electron chi connectivity index (χ3n) is 2.71. The summed E-state index contributed by atoms with van der Waals surface area (Å²) in [4.78, 5) is 28.5. The quantitative estimate of drug-likeness (QED) is 0.703. The van der Waals surface area contributed by atoms with Crippen LogP contribution < -0.4 is 0 Å². The Morgan fingerprint density at radius 1 is 1.25 bits per heavy atom. The molecule has 82 valence electrons. The largest absolute Gasteiger partial charge is 0.269 e. The summed E-state index contributed by atoms with van der Waals surface area (Å²) >= 11 is 0. The molecule has 0 bridgehead atoms. The van der Waals surface area contributed by atoms with Crippen molar-refractivity contribution in [1.82, 2.24) is 9.88 Å². The molecule has 2 rings (SSSR count). The lowest BCUT2D eigenvalue weighted by molar-refractivity contribution is -0.139. The third-order valence-corrected chi connectivity index (χ3v) is 2.71. The minimum absolute atomic E-state index is 0.214. The molecule has 2 amide bonds. The van der Waals surface area contributed by atoms with Gasteiger partial charge in [-0.3, -0.25) is 19.5 Å². The first-order chi connectivity index (χ1) is 7.61. The fraction of sp³-hybridized carbons (Fsp3) is 0.250. The molecule has 4 nitrogen and oxygen atoms in total. The molecule has 0 aliphatic carbocycles. The minimum atomic E-state index is -0.253. The molecule has 0 fully saturated rings. The molecular formula is C12H12N2O2. The molecule has 1 atom stereocenters. The zero-order chi connectivity index (χ0) is 11.7. The van der Waals surface area contributed by atoms with Crippen LogP contribution in [-0.4, -0.2) is 21.7 Å². The third kappa shape index (κ3) is 1.62. The van der Waals surface area contributed by atoms with Crippen LogP contribution in [0.2, 0.25) is 0 Å². The van der Waals surface area contributed by atoms with Gasteiger partial charge in [-0.15, -0.1) is 0 Å². The number of carbonyl (C=O) groups is 2. The maximum atomic E-state index is 11.8. The molecule has 1 aliphatic heterocycles. The van der Waals surface area contributed by atoms with Crippen LogP contribution in [0.25, 0.3) is 0 Å². The summed E-state index contributed by atoms with van der Waals surface area (Å²) < 4.78 is 0. The van der Waals surface area contributed by atoms with Gasteiger partial charge in [-0.2, -0.15) is 0 Å². The molecule has 0 aromatic carbocycles. The first-order valence-electron chi connectivity index (χ1n) is 5.07. The van der Waals surface area contributed by atoms with Crippen LogP contribution >= 0.6 is 0 Å². The van der Waals surface area contributed by atoms with E-state index in [9.17, 15) is 9.59 Å². The summed E-state index contributed by atoms with van der Waals surface area (Å²) in [6.07, 6.45) is 4.67. The van der Waals surface area contributed by atoms with Crippen molar-refractivity contribution in [2.75, 3.05) is 0 Å². The highest BCUT2D eigenvalue weighted by Gasteiger charge is 2.32. The van der Waals surface area contributed by atoms with E-state index in [2.05, 4.69) is 4.98 Å². The molecule has 0 saturated heterocycles. The van der Waals surface area contributed by atoms with E-state index >= 15 is 0 Å². The normalized spacial score (nSPS) is 17.6. The fourth-order valence-corrected chi connectivity index (χ4v) is 1.76. The van der Waals surface area contributed by atoms with Crippen molar-refractivity contribution in [3.05, 3.63) is 41.7 Å². The second kappa shape index (κ2) is 3.89. The summed E-state index contributed by atoms with van der Waals surface area (Å²) in [6, 6.07) is 3.36. The van der Waals surface area contributed by atoms with Crippen molar-refractivity contribution < 1.29 is 9.59 Å². The lowest BCUT2D eigenvalue weighted by Crippen LogP contribution is -2.33. The number of amides is 2. The van der Waals surface area contributed by atoms with Gasteiger partial charge in [0.2, 0.25) is 0 Å². The fourth-order valence-electron chi connectivity index (χ4n) is 1.76. The van der Waals surface area contributed by atoms with E-state index in [1.807, 2.05) is 6.92 Å². The minimum Gasteiger partial charge on any atom is -0.269 e. The van der Waals surface area contributed by atoms with Gasteiger partial charge in [0, 0.05) is 24.0 Å². The van der Waals surface area contributed by atoms with Gasteiger partial charge in [-0.1, -0.05) is 0 Å². The second-order valence-electron chi connectivity index (χ2n) is 3.80.